The lowest BCUT2D eigenvalue weighted by Gasteiger charge is -2.45. The Morgan fingerprint density at radius 3 is 2.38 bits per heavy atom. The third-order valence-electron chi connectivity index (χ3n) is 6.11. The molecule has 5 heteroatoms. The normalized spacial score (nSPS) is 22.9. The Morgan fingerprint density at radius 2 is 1.76 bits per heavy atom. The first-order chi connectivity index (χ1) is 13.9. The van der Waals surface area contributed by atoms with Gasteiger partial charge in [-0.3, -0.25) is 4.79 Å². The summed E-state index contributed by atoms with van der Waals surface area (Å²) >= 11 is 0. The number of likely N-dealkylation sites (N-methyl/N-ethyl adjacent to an activating group) is 1. The molecule has 2 aromatic rings. The van der Waals surface area contributed by atoms with E-state index in [9.17, 15) is 9.18 Å². The Hall–Kier alpha value is -2.40. The largest absolute Gasteiger partial charge is 0.481 e. The lowest BCUT2D eigenvalue weighted by molar-refractivity contribution is -0.128. The molecule has 1 saturated carbocycles. The molecule has 1 unspecified atom stereocenters. The van der Waals surface area contributed by atoms with E-state index in [1.807, 2.05) is 42.5 Å². The van der Waals surface area contributed by atoms with Gasteiger partial charge in [-0.1, -0.05) is 36.4 Å². The maximum atomic E-state index is 14.2. The molecular weight excluding hydrogens is 367 g/mol. The maximum absolute atomic E-state index is 14.2. The predicted octanol–water partition coefficient (Wildman–Crippen LogP) is 4.19. The van der Waals surface area contributed by atoms with Crippen LogP contribution in [0.5, 0.6) is 5.75 Å². The lowest BCUT2D eigenvalue weighted by atomic mass is 9.74. The Morgan fingerprint density at radius 1 is 1.14 bits per heavy atom. The van der Waals surface area contributed by atoms with Gasteiger partial charge in [0, 0.05) is 11.6 Å². The third kappa shape index (κ3) is 5.36. The van der Waals surface area contributed by atoms with Crippen LogP contribution in [0, 0.1) is 5.82 Å². The van der Waals surface area contributed by atoms with Crippen molar-refractivity contribution in [1.29, 1.82) is 0 Å². The fourth-order valence-corrected chi connectivity index (χ4v) is 4.15. The van der Waals surface area contributed by atoms with E-state index >= 15 is 0 Å². The molecule has 1 atom stereocenters. The topological polar surface area (TPSA) is 41.6 Å². The molecule has 1 amide bonds. The predicted molar refractivity (Wildman–Crippen MR) is 113 cm³/mol. The van der Waals surface area contributed by atoms with E-state index in [0.29, 0.717) is 12.2 Å². The van der Waals surface area contributed by atoms with Crippen molar-refractivity contribution in [1.82, 2.24) is 10.2 Å². The van der Waals surface area contributed by atoms with Gasteiger partial charge in [-0.25, -0.2) is 4.39 Å². The fraction of sp³-hybridized carbons (Fsp3) is 0.458. The van der Waals surface area contributed by atoms with Crippen molar-refractivity contribution in [2.24, 2.45) is 0 Å². The average Bonchev–Trinajstić information content (AvgIpc) is 2.72. The van der Waals surface area contributed by atoms with Gasteiger partial charge < -0.3 is 15.0 Å². The van der Waals surface area contributed by atoms with Crippen LogP contribution in [0.3, 0.4) is 0 Å². The molecule has 1 aliphatic carbocycles. The monoisotopic (exact) mass is 398 g/mol. The first-order valence-electron chi connectivity index (χ1n) is 10.3. The zero-order chi connectivity index (χ0) is 20.9. The summed E-state index contributed by atoms with van der Waals surface area (Å²) in [5.41, 5.74) is 0.670. The maximum Gasteiger partial charge on any atom is 0.260 e. The Kier molecular flexibility index (Phi) is 6.91. The van der Waals surface area contributed by atoms with Crippen LogP contribution in [0.4, 0.5) is 4.39 Å². The molecular formula is C24H31FN2O2. The molecule has 0 heterocycles. The van der Waals surface area contributed by atoms with Crippen LogP contribution in [-0.4, -0.2) is 42.6 Å². The average molecular weight is 399 g/mol. The molecule has 1 aliphatic rings. The number of para-hydroxylation sites is 1. The van der Waals surface area contributed by atoms with Gasteiger partial charge in [0.1, 0.15) is 11.6 Å². The second-order valence-electron chi connectivity index (χ2n) is 8.24. The molecule has 2 aromatic carbocycles. The van der Waals surface area contributed by atoms with Gasteiger partial charge in [0.05, 0.1) is 0 Å². The number of rotatable bonds is 7. The number of nitrogens with zero attached hydrogens (tertiary/aromatic N) is 1. The number of carbonyl (C=O) groups is 1. The van der Waals surface area contributed by atoms with Crippen molar-refractivity contribution < 1.29 is 13.9 Å². The Bertz CT molecular complexity index is 802. The molecule has 3 rings (SSSR count). The Labute approximate surface area is 173 Å². The zero-order valence-electron chi connectivity index (χ0n) is 17.5. The summed E-state index contributed by atoms with van der Waals surface area (Å²) in [4.78, 5) is 14.8. The molecule has 1 N–H and O–H groups in total. The van der Waals surface area contributed by atoms with Crippen molar-refractivity contribution >= 4 is 5.91 Å². The minimum Gasteiger partial charge on any atom is -0.481 e. The number of amides is 1. The summed E-state index contributed by atoms with van der Waals surface area (Å²) < 4.78 is 19.9. The number of hydrogen-bond acceptors (Lipinski definition) is 3. The number of ether oxygens (including phenoxy) is 1. The van der Waals surface area contributed by atoms with Crippen molar-refractivity contribution in [3.63, 3.8) is 0 Å². The van der Waals surface area contributed by atoms with Crippen LogP contribution in [-0.2, 0) is 11.2 Å². The second kappa shape index (κ2) is 9.40. The van der Waals surface area contributed by atoms with Gasteiger partial charge in [0.15, 0.2) is 6.10 Å². The van der Waals surface area contributed by atoms with Gasteiger partial charge in [-0.2, -0.15) is 0 Å². The lowest BCUT2D eigenvalue weighted by Crippen LogP contribution is -2.53. The minimum absolute atomic E-state index is 0.0877. The molecule has 0 saturated heterocycles. The van der Waals surface area contributed by atoms with Crippen LogP contribution in [0.25, 0.3) is 0 Å². The number of carbonyl (C=O) groups excluding carboxylic acids is 1. The highest BCUT2D eigenvalue weighted by Crippen LogP contribution is 2.36. The fourth-order valence-electron chi connectivity index (χ4n) is 4.15. The molecule has 0 bridgehead atoms. The quantitative estimate of drug-likeness (QED) is 0.760. The van der Waals surface area contributed by atoms with Gasteiger partial charge in [-0.15, -0.1) is 0 Å². The van der Waals surface area contributed by atoms with E-state index in [-0.39, 0.29) is 23.3 Å². The van der Waals surface area contributed by atoms with Crippen LogP contribution in [0.15, 0.2) is 54.6 Å². The van der Waals surface area contributed by atoms with Crippen LogP contribution >= 0.6 is 0 Å². The van der Waals surface area contributed by atoms with E-state index in [1.54, 1.807) is 13.0 Å². The Balaban J connectivity index is 1.56. The molecule has 4 nitrogen and oxygen atoms in total. The number of hydrogen-bond donors (Lipinski definition) is 1. The summed E-state index contributed by atoms with van der Waals surface area (Å²) in [5, 5.41) is 3.13. The molecule has 0 aliphatic heterocycles. The van der Waals surface area contributed by atoms with E-state index in [4.69, 9.17) is 4.74 Å². The highest BCUT2D eigenvalue weighted by Gasteiger charge is 2.38. The van der Waals surface area contributed by atoms with Crippen LogP contribution in [0.2, 0.25) is 0 Å². The van der Waals surface area contributed by atoms with E-state index in [1.165, 1.54) is 6.07 Å². The number of halogens is 1. The van der Waals surface area contributed by atoms with Crippen LogP contribution < -0.4 is 10.1 Å². The highest BCUT2D eigenvalue weighted by atomic mass is 19.1. The standard InChI is InChI=1S/C24H31FN2O2/c1-18(29-21-10-5-4-6-11-21)23(28)26-20-13-15-24(16-14-20,27(2)3)17-19-9-7-8-12-22(19)25/h4-12,18,20H,13-17H2,1-3H3,(H,26,28). The van der Waals surface area contributed by atoms with E-state index in [0.717, 1.165) is 31.2 Å². The summed E-state index contributed by atoms with van der Waals surface area (Å²) in [5.74, 6) is 0.455. The molecule has 29 heavy (non-hydrogen) atoms. The summed E-state index contributed by atoms with van der Waals surface area (Å²) in [6.45, 7) is 1.77. The van der Waals surface area contributed by atoms with Crippen molar-refractivity contribution in [3.8, 4) is 5.75 Å². The van der Waals surface area contributed by atoms with E-state index in [2.05, 4.69) is 24.3 Å². The van der Waals surface area contributed by atoms with Crippen LogP contribution in [0.1, 0.15) is 38.2 Å². The van der Waals surface area contributed by atoms with Gasteiger partial charge in [0.25, 0.3) is 5.91 Å². The van der Waals surface area contributed by atoms with Gasteiger partial charge in [0.2, 0.25) is 0 Å². The molecule has 0 radical (unpaired) electrons. The number of nitrogens with one attached hydrogen (secondary N) is 1. The first-order valence-corrected chi connectivity index (χ1v) is 10.3. The smallest absolute Gasteiger partial charge is 0.260 e. The number of benzene rings is 2. The summed E-state index contributed by atoms with van der Waals surface area (Å²) in [6.07, 6.45) is 3.70. The summed E-state index contributed by atoms with van der Waals surface area (Å²) in [7, 11) is 4.13. The van der Waals surface area contributed by atoms with Crippen molar-refractivity contribution in [3.05, 3.63) is 66.0 Å². The third-order valence-corrected chi connectivity index (χ3v) is 6.11. The van der Waals surface area contributed by atoms with E-state index < -0.39 is 6.10 Å². The van der Waals surface area contributed by atoms with Crippen molar-refractivity contribution in [2.45, 2.75) is 56.7 Å². The molecule has 0 aromatic heterocycles. The van der Waals surface area contributed by atoms with Gasteiger partial charge in [-0.05, 0) is 76.9 Å². The zero-order valence-corrected chi connectivity index (χ0v) is 17.5. The second-order valence-corrected chi connectivity index (χ2v) is 8.24. The highest BCUT2D eigenvalue weighted by molar-refractivity contribution is 5.81. The SMILES string of the molecule is CC(Oc1ccccc1)C(=O)NC1CCC(Cc2ccccc2F)(N(C)C)CC1. The minimum atomic E-state index is -0.545. The molecule has 0 spiro atoms. The molecule has 1 fully saturated rings. The summed E-state index contributed by atoms with van der Waals surface area (Å²) in [6, 6.07) is 16.5. The first kappa shape index (κ1) is 21.3. The molecule has 156 valence electrons. The van der Waals surface area contributed by atoms with Crippen molar-refractivity contribution in [2.75, 3.05) is 14.1 Å². The van der Waals surface area contributed by atoms with Gasteiger partial charge >= 0.3 is 0 Å².